The van der Waals surface area contributed by atoms with Crippen LogP contribution in [0.3, 0.4) is 0 Å². The van der Waals surface area contributed by atoms with Gasteiger partial charge in [-0.2, -0.15) is 0 Å². The highest BCUT2D eigenvalue weighted by molar-refractivity contribution is 7.18. The highest BCUT2D eigenvalue weighted by Gasteiger charge is 2.13. The molecule has 1 amide bonds. The van der Waals surface area contributed by atoms with Crippen molar-refractivity contribution in [1.82, 2.24) is 5.32 Å². The van der Waals surface area contributed by atoms with E-state index in [-0.39, 0.29) is 5.91 Å². The van der Waals surface area contributed by atoms with Crippen molar-refractivity contribution in [3.63, 3.8) is 0 Å². The first-order valence-corrected chi connectivity index (χ1v) is 8.77. The molecular weight excluding hydrogens is 282 g/mol. The summed E-state index contributed by atoms with van der Waals surface area (Å²) >= 11 is 1.43. The van der Waals surface area contributed by atoms with Crippen molar-refractivity contribution in [3.8, 4) is 0 Å². The maximum absolute atomic E-state index is 11.8. The smallest absolute Gasteiger partial charge is 0.263 e. The number of anilines is 2. The number of nitrogen functional groups attached to an aromatic ring is 1. The molecule has 1 heterocycles. The lowest BCUT2D eigenvalue weighted by Gasteiger charge is -2.05. The highest BCUT2D eigenvalue weighted by Crippen LogP contribution is 2.29. The van der Waals surface area contributed by atoms with Crippen LogP contribution in [0.4, 0.5) is 10.7 Å². The van der Waals surface area contributed by atoms with Crippen molar-refractivity contribution < 1.29 is 4.79 Å². The van der Waals surface area contributed by atoms with Gasteiger partial charge in [0.1, 0.15) is 4.88 Å². The van der Waals surface area contributed by atoms with E-state index in [9.17, 15) is 4.79 Å². The van der Waals surface area contributed by atoms with E-state index in [2.05, 4.69) is 24.5 Å². The van der Waals surface area contributed by atoms with E-state index < -0.39 is 0 Å². The van der Waals surface area contributed by atoms with E-state index in [1.165, 1.54) is 37.0 Å². The Bertz CT molecular complexity index is 429. The van der Waals surface area contributed by atoms with E-state index in [4.69, 9.17) is 5.73 Å². The summed E-state index contributed by atoms with van der Waals surface area (Å²) in [6.45, 7) is 8.01. The number of hydrogen-bond donors (Lipinski definition) is 3. The quantitative estimate of drug-likeness (QED) is 0.570. The average molecular weight is 311 g/mol. The number of nitrogens with two attached hydrogens (primary N) is 1. The van der Waals surface area contributed by atoms with Crippen molar-refractivity contribution in [2.45, 2.75) is 52.9 Å². The minimum atomic E-state index is -0.0817. The van der Waals surface area contributed by atoms with Crippen LogP contribution in [0.2, 0.25) is 0 Å². The highest BCUT2D eigenvalue weighted by atomic mass is 32.1. The average Bonchev–Trinajstić information content (AvgIpc) is 2.79. The van der Waals surface area contributed by atoms with Gasteiger partial charge in [0.15, 0.2) is 0 Å². The summed E-state index contributed by atoms with van der Waals surface area (Å²) in [5, 5.41) is 7.12. The third-order valence-electron chi connectivity index (χ3n) is 3.31. The van der Waals surface area contributed by atoms with Crippen LogP contribution in [0.5, 0.6) is 0 Å². The third kappa shape index (κ3) is 6.85. The van der Waals surface area contributed by atoms with E-state index in [0.29, 0.717) is 17.1 Å². The van der Waals surface area contributed by atoms with Gasteiger partial charge < -0.3 is 16.4 Å². The third-order valence-corrected chi connectivity index (χ3v) is 4.42. The lowest BCUT2D eigenvalue weighted by molar-refractivity contribution is 0.0960. The summed E-state index contributed by atoms with van der Waals surface area (Å²) in [7, 11) is 0. The van der Waals surface area contributed by atoms with E-state index in [1.54, 1.807) is 0 Å². The van der Waals surface area contributed by atoms with Crippen molar-refractivity contribution >= 4 is 27.9 Å². The van der Waals surface area contributed by atoms with Gasteiger partial charge in [0.2, 0.25) is 0 Å². The maximum atomic E-state index is 11.8. The monoisotopic (exact) mass is 311 g/mol. The second-order valence-corrected chi connectivity index (χ2v) is 6.83. The molecule has 0 aromatic carbocycles. The van der Waals surface area contributed by atoms with Gasteiger partial charge in [0.05, 0.1) is 10.7 Å². The van der Waals surface area contributed by atoms with Crippen LogP contribution in [0.25, 0.3) is 0 Å². The maximum Gasteiger partial charge on any atom is 0.263 e. The molecule has 5 heteroatoms. The standard InChI is InChI=1S/C16H29N3OS/c1-4-18-16(20)15-13(17)11-14(21-15)19-10-8-6-5-7-9-12(2)3/h11-12,19H,4-10,17H2,1-3H3,(H,18,20). The summed E-state index contributed by atoms with van der Waals surface area (Å²) < 4.78 is 0. The molecule has 0 aliphatic rings. The molecule has 21 heavy (non-hydrogen) atoms. The zero-order chi connectivity index (χ0) is 15.7. The molecule has 120 valence electrons. The lowest BCUT2D eigenvalue weighted by atomic mass is 10.0. The summed E-state index contributed by atoms with van der Waals surface area (Å²) in [6.07, 6.45) is 6.36. The predicted octanol–water partition coefficient (Wildman–Crippen LogP) is 4.10. The molecule has 0 aliphatic heterocycles. The molecule has 0 bridgehead atoms. The first kappa shape index (κ1) is 17.8. The molecule has 0 radical (unpaired) electrons. The molecule has 1 aromatic rings. The van der Waals surface area contributed by atoms with Gasteiger partial charge in [-0.1, -0.05) is 39.5 Å². The van der Waals surface area contributed by atoms with Crippen LogP contribution in [0.1, 0.15) is 62.5 Å². The van der Waals surface area contributed by atoms with Gasteiger partial charge in [0, 0.05) is 13.1 Å². The Morgan fingerprint density at radius 1 is 1.29 bits per heavy atom. The Morgan fingerprint density at radius 3 is 2.67 bits per heavy atom. The number of carbonyl (C=O) groups excluding carboxylic acids is 1. The molecule has 4 nitrogen and oxygen atoms in total. The van der Waals surface area contributed by atoms with Gasteiger partial charge in [0.25, 0.3) is 5.91 Å². The molecule has 0 atom stereocenters. The van der Waals surface area contributed by atoms with E-state index in [0.717, 1.165) is 23.9 Å². The molecule has 1 rings (SSSR count). The molecule has 0 fully saturated rings. The van der Waals surface area contributed by atoms with Crippen LogP contribution in [-0.4, -0.2) is 19.0 Å². The number of hydrogen-bond acceptors (Lipinski definition) is 4. The molecule has 0 aliphatic carbocycles. The fourth-order valence-electron chi connectivity index (χ4n) is 2.15. The largest absolute Gasteiger partial charge is 0.397 e. The Balaban J connectivity index is 2.24. The fraction of sp³-hybridized carbons (Fsp3) is 0.688. The van der Waals surface area contributed by atoms with Crippen LogP contribution in [-0.2, 0) is 0 Å². The fourth-order valence-corrected chi connectivity index (χ4v) is 3.07. The van der Waals surface area contributed by atoms with Crippen LogP contribution >= 0.6 is 11.3 Å². The van der Waals surface area contributed by atoms with Crippen LogP contribution in [0, 0.1) is 5.92 Å². The number of thiophene rings is 1. The summed E-state index contributed by atoms with van der Waals surface area (Å²) in [5.41, 5.74) is 6.44. The number of rotatable bonds is 10. The molecule has 4 N–H and O–H groups in total. The number of carbonyl (C=O) groups is 1. The van der Waals surface area contributed by atoms with E-state index >= 15 is 0 Å². The van der Waals surface area contributed by atoms with Gasteiger partial charge in [-0.3, -0.25) is 4.79 Å². The lowest BCUT2D eigenvalue weighted by Crippen LogP contribution is -2.22. The van der Waals surface area contributed by atoms with Gasteiger partial charge >= 0.3 is 0 Å². The zero-order valence-corrected chi connectivity index (χ0v) is 14.3. The van der Waals surface area contributed by atoms with E-state index in [1.807, 2.05) is 13.0 Å². The molecule has 0 saturated carbocycles. The van der Waals surface area contributed by atoms with Gasteiger partial charge in [-0.25, -0.2) is 0 Å². The minimum Gasteiger partial charge on any atom is -0.397 e. The van der Waals surface area contributed by atoms with Crippen molar-refractivity contribution in [1.29, 1.82) is 0 Å². The SMILES string of the molecule is CCNC(=O)c1sc(NCCCCCCC(C)C)cc1N. The van der Waals surface area contributed by atoms with Gasteiger partial charge in [-0.15, -0.1) is 11.3 Å². The van der Waals surface area contributed by atoms with Crippen molar-refractivity contribution in [3.05, 3.63) is 10.9 Å². The first-order valence-electron chi connectivity index (χ1n) is 7.96. The number of nitrogens with one attached hydrogen (secondary N) is 2. The summed E-state index contributed by atoms with van der Waals surface area (Å²) in [6, 6.07) is 1.86. The topological polar surface area (TPSA) is 67.2 Å². The Hall–Kier alpha value is -1.23. The molecule has 0 spiro atoms. The second-order valence-electron chi connectivity index (χ2n) is 5.78. The summed E-state index contributed by atoms with van der Waals surface area (Å²) in [5.74, 6) is 0.728. The summed E-state index contributed by atoms with van der Waals surface area (Å²) in [4.78, 5) is 12.4. The zero-order valence-electron chi connectivity index (χ0n) is 13.5. The Kier molecular flexibility index (Phi) is 8.20. The molecule has 0 saturated heterocycles. The number of unbranched alkanes of at least 4 members (excludes halogenated alkanes) is 3. The molecule has 0 unspecified atom stereocenters. The Labute approximate surface area is 132 Å². The second kappa shape index (κ2) is 9.66. The van der Waals surface area contributed by atoms with Crippen LogP contribution in [0.15, 0.2) is 6.07 Å². The predicted molar refractivity (Wildman–Crippen MR) is 93.2 cm³/mol. The van der Waals surface area contributed by atoms with Crippen LogP contribution < -0.4 is 16.4 Å². The van der Waals surface area contributed by atoms with Crippen molar-refractivity contribution in [2.75, 3.05) is 24.1 Å². The molecule has 1 aromatic heterocycles. The Morgan fingerprint density at radius 2 is 2.00 bits per heavy atom. The minimum absolute atomic E-state index is 0.0817. The molecular formula is C16H29N3OS. The number of amides is 1. The first-order chi connectivity index (χ1) is 10.0. The normalized spacial score (nSPS) is 10.9. The van der Waals surface area contributed by atoms with Gasteiger partial charge in [-0.05, 0) is 25.3 Å². The van der Waals surface area contributed by atoms with Crippen molar-refractivity contribution in [2.24, 2.45) is 5.92 Å².